The molecule has 2 rings (SSSR count). The Hall–Kier alpha value is -1.57. The lowest BCUT2D eigenvalue weighted by molar-refractivity contribution is 0.815. The van der Waals surface area contributed by atoms with Gasteiger partial charge in [0.15, 0.2) is 0 Å². The summed E-state index contributed by atoms with van der Waals surface area (Å²) in [6, 6.07) is 0. The van der Waals surface area contributed by atoms with Gasteiger partial charge in [-0.15, -0.1) is 15.3 Å². The zero-order chi connectivity index (χ0) is 10.8. The third kappa shape index (κ3) is 2.09. The van der Waals surface area contributed by atoms with Crippen LogP contribution in [-0.2, 0) is 12.8 Å². The zero-order valence-corrected chi connectivity index (χ0v) is 9.25. The Labute approximate surface area is 90.5 Å². The van der Waals surface area contributed by atoms with Gasteiger partial charge in [-0.25, -0.2) is 5.10 Å². The Bertz CT molecular complexity index is 460. The van der Waals surface area contributed by atoms with Crippen molar-refractivity contribution in [3.63, 3.8) is 0 Å². The van der Waals surface area contributed by atoms with Gasteiger partial charge in [0.2, 0.25) is 11.1 Å². The van der Waals surface area contributed by atoms with Gasteiger partial charge >= 0.3 is 0 Å². The molecule has 0 aliphatic heterocycles. The van der Waals surface area contributed by atoms with E-state index in [0.29, 0.717) is 16.9 Å². The van der Waals surface area contributed by atoms with E-state index < -0.39 is 0 Å². The summed E-state index contributed by atoms with van der Waals surface area (Å²) in [5.41, 5.74) is 5.41. The molecule has 0 unspecified atom stereocenters. The van der Waals surface area contributed by atoms with Gasteiger partial charge in [0, 0.05) is 7.05 Å². The van der Waals surface area contributed by atoms with Crippen molar-refractivity contribution in [2.75, 3.05) is 5.73 Å². The predicted octanol–water partition coefficient (Wildman–Crippen LogP) is 0.116. The van der Waals surface area contributed by atoms with Gasteiger partial charge < -0.3 is 10.3 Å². The van der Waals surface area contributed by atoms with Crippen molar-refractivity contribution < 1.29 is 0 Å². The molecule has 8 heteroatoms. The molecule has 0 saturated carbocycles. The van der Waals surface area contributed by atoms with E-state index in [1.54, 1.807) is 0 Å². The second kappa shape index (κ2) is 3.89. The summed E-state index contributed by atoms with van der Waals surface area (Å²) in [5, 5.41) is 15.1. The molecule has 2 aromatic heterocycles. The number of nitrogens with zero attached hydrogens (tertiary/aromatic N) is 5. The fourth-order valence-electron chi connectivity index (χ4n) is 1.03. The van der Waals surface area contributed by atoms with Crippen molar-refractivity contribution in [1.29, 1.82) is 0 Å². The van der Waals surface area contributed by atoms with Crippen LogP contribution in [0.4, 0.5) is 5.95 Å². The molecule has 0 aromatic carbocycles. The number of aromatic nitrogens is 6. The summed E-state index contributed by atoms with van der Waals surface area (Å²) < 4.78 is 1.93. The van der Waals surface area contributed by atoms with E-state index in [2.05, 4.69) is 25.4 Å². The molecule has 0 saturated heterocycles. The van der Waals surface area contributed by atoms with E-state index in [1.807, 2.05) is 18.5 Å². The lowest BCUT2D eigenvalue weighted by Gasteiger charge is -1.98. The first-order valence-electron chi connectivity index (χ1n) is 4.32. The molecule has 0 atom stereocenters. The number of thioether (sulfide) groups is 1. The van der Waals surface area contributed by atoms with Crippen LogP contribution < -0.4 is 5.73 Å². The Balaban J connectivity index is 2.02. The number of aryl methyl sites for hydroxylation is 1. The number of aromatic amines is 1. The summed E-state index contributed by atoms with van der Waals surface area (Å²) in [4.78, 5) is 3.98. The van der Waals surface area contributed by atoms with Crippen LogP contribution in [0.5, 0.6) is 0 Å². The first-order chi connectivity index (χ1) is 7.16. The normalized spacial score (nSPS) is 10.8. The topological polar surface area (TPSA) is 98.3 Å². The van der Waals surface area contributed by atoms with Gasteiger partial charge in [-0.1, -0.05) is 11.8 Å². The maximum atomic E-state index is 5.41. The standard InChI is InChI=1S/C7H11N7S/c1-4-10-11-5(14(4)2)3-15-7-9-6(8)12-13-7/h3H2,1-2H3,(H3,8,9,12,13). The molecule has 0 fully saturated rings. The van der Waals surface area contributed by atoms with Crippen LogP contribution in [0.2, 0.25) is 0 Å². The summed E-state index contributed by atoms with van der Waals surface area (Å²) in [5.74, 6) is 2.78. The summed E-state index contributed by atoms with van der Waals surface area (Å²) in [6.07, 6.45) is 0. The smallest absolute Gasteiger partial charge is 0.216 e. The number of H-pyrrole nitrogens is 1. The van der Waals surface area contributed by atoms with Gasteiger partial charge in [-0.05, 0) is 6.92 Å². The Morgan fingerprint density at radius 2 is 2.27 bits per heavy atom. The van der Waals surface area contributed by atoms with E-state index in [-0.39, 0.29) is 0 Å². The van der Waals surface area contributed by atoms with E-state index in [9.17, 15) is 0 Å². The maximum Gasteiger partial charge on any atom is 0.216 e. The van der Waals surface area contributed by atoms with Crippen molar-refractivity contribution in [2.24, 2.45) is 7.05 Å². The molecular weight excluding hydrogens is 214 g/mol. The Kier molecular flexibility index (Phi) is 2.58. The van der Waals surface area contributed by atoms with Gasteiger partial charge in [0.1, 0.15) is 11.6 Å². The average molecular weight is 225 g/mol. The van der Waals surface area contributed by atoms with Crippen molar-refractivity contribution >= 4 is 17.7 Å². The van der Waals surface area contributed by atoms with E-state index in [4.69, 9.17) is 5.73 Å². The van der Waals surface area contributed by atoms with Crippen LogP contribution in [-0.4, -0.2) is 29.9 Å². The molecule has 0 spiro atoms. The number of nitrogen functional groups attached to an aromatic ring is 1. The molecule has 2 aromatic rings. The van der Waals surface area contributed by atoms with Crippen LogP contribution in [0.1, 0.15) is 11.6 Å². The lowest BCUT2D eigenvalue weighted by Crippen LogP contribution is -1.97. The minimum Gasteiger partial charge on any atom is -0.368 e. The van der Waals surface area contributed by atoms with Gasteiger partial charge in [0.25, 0.3) is 0 Å². The van der Waals surface area contributed by atoms with Crippen LogP contribution >= 0.6 is 11.8 Å². The molecule has 0 aliphatic rings. The third-order valence-electron chi connectivity index (χ3n) is 2.00. The zero-order valence-electron chi connectivity index (χ0n) is 8.43. The highest BCUT2D eigenvalue weighted by molar-refractivity contribution is 7.98. The molecule has 2 heterocycles. The number of hydrogen-bond donors (Lipinski definition) is 2. The van der Waals surface area contributed by atoms with Crippen molar-refractivity contribution in [2.45, 2.75) is 17.8 Å². The van der Waals surface area contributed by atoms with Gasteiger partial charge in [-0.2, -0.15) is 4.98 Å². The van der Waals surface area contributed by atoms with Crippen LogP contribution in [0, 0.1) is 6.92 Å². The van der Waals surface area contributed by atoms with Crippen LogP contribution in [0.15, 0.2) is 5.16 Å². The molecule has 0 amide bonds. The highest BCUT2D eigenvalue weighted by Gasteiger charge is 2.07. The molecule has 15 heavy (non-hydrogen) atoms. The fraction of sp³-hybridized carbons (Fsp3) is 0.429. The number of hydrogen-bond acceptors (Lipinski definition) is 6. The number of anilines is 1. The molecule has 0 bridgehead atoms. The first kappa shape index (κ1) is 9.97. The number of rotatable bonds is 3. The highest BCUT2D eigenvalue weighted by Crippen LogP contribution is 2.17. The summed E-state index contributed by atoms with van der Waals surface area (Å²) in [7, 11) is 1.93. The average Bonchev–Trinajstić information content (AvgIpc) is 2.74. The molecule has 80 valence electrons. The first-order valence-corrected chi connectivity index (χ1v) is 5.31. The second-order valence-corrected chi connectivity index (χ2v) is 3.96. The lowest BCUT2D eigenvalue weighted by atomic mass is 10.6. The van der Waals surface area contributed by atoms with E-state index in [1.165, 1.54) is 11.8 Å². The van der Waals surface area contributed by atoms with Crippen LogP contribution in [0.25, 0.3) is 0 Å². The minimum absolute atomic E-state index is 0.326. The highest BCUT2D eigenvalue weighted by atomic mass is 32.2. The largest absolute Gasteiger partial charge is 0.368 e. The Morgan fingerprint density at radius 1 is 1.47 bits per heavy atom. The van der Waals surface area contributed by atoms with Crippen molar-refractivity contribution in [1.82, 2.24) is 29.9 Å². The van der Waals surface area contributed by atoms with E-state index >= 15 is 0 Å². The molecule has 3 N–H and O–H groups in total. The number of nitrogens with two attached hydrogens (primary N) is 1. The third-order valence-corrected chi connectivity index (χ3v) is 2.84. The molecule has 0 aliphatic carbocycles. The predicted molar refractivity (Wildman–Crippen MR) is 56.1 cm³/mol. The Morgan fingerprint density at radius 3 is 2.80 bits per heavy atom. The van der Waals surface area contributed by atoms with Crippen LogP contribution in [0.3, 0.4) is 0 Å². The minimum atomic E-state index is 0.326. The quantitative estimate of drug-likeness (QED) is 0.720. The van der Waals surface area contributed by atoms with Crippen molar-refractivity contribution in [3.8, 4) is 0 Å². The SMILES string of the molecule is Cc1nnc(CSc2n[nH]c(N)n2)n1C. The molecular formula is C7H11N7S. The number of nitrogens with one attached hydrogen (secondary N) is 1. The second-order valence-electron chi connectivity index (χ2n) is 3.01. The van der Waals surface area contributed by atoms with Gasteiger partial charge in [0.05, 0.1) is 5.75 Å². The molecule has 0 radical (unpaired) electrons. The fourth-order valence-corrected chi connectivity index (χ4v) is 1.81. The summed E-state index contributed by atoms with van der Waals surface area (Å²) in [6.45, 7) is 1.91. The molecule has 7 nitrogen and oxygen atoms in total. The monoisotopic (exact) mass is 225 g/mol. The maximum absolute atomic E-state index is 5.41. The van der Waals surface area contributed by atoms with E-state index in [0.717, 1.165) is 11.6 Å². The summed E-state index contributed by atoms with van der Waals surface area (Å²) >= 11 is 1.47. The van der Waals surface area contributed by atoms with Crippen molar-refractivity contribution in [3.05, 3.63) is 11.6 Å². The van der Waals surface area contributed by atoms with Gasteiger partial charge in [-0.3, -0.25) is 0 Å².